The molecule has 1 atom stereocenters. The highest BCUT2D eigenvalue weighted by Crippen LogP contribution is 2.40. The predicted molar refractivity (Wildman–Crippen MR) is 77.5 cm³/mol. The number of rotatable bonds is 2. The molecule has 3 rings (SSSR count). The Balaban J connectivity index is 2.07. The van der Waals surface area contributed by atoms with Crippen LogP contribution in [0.15, 0.2) is 77.2 Å². The molecule has 0 bridgehead atoms. The zero-order valence-electron chi connectivity index (χ0n) is 11.1. The van der Waals surface area contributed by atoms with Crippen molar-refractivity contribution in [3.8, 4) is 0 Å². The van der Waals surface area contributed by atoms with E-state index in [9.17, 15) is 4.39 Å². The molecule has 0 N–H and O–H groups in total. The number of hydrogen-bond acceptors (Lipinski definition) is 0. The van der Waals surface area contributed by atoms with Gasteiger partial charge in [-0.05, 0) is 41.7 Å². The SMILES string of the molecule is CCC1=CC2=C(C=C(F)C=CC2c2ccccc2)C1. The summed E-state index contributed by atoms with van der Waals surface area (Å²) in [6, 6.07) is 10.3. The fourth-order valence-electron chi connectivity index (χ4n) is 2.82. The summed E-state index contributed by atoms with van der Waals surface area (Å²) >= 11 is 0. The smallest absolute Gasteiger partial charge is 0.123 e. The zero-order chi connectivity index (χ0) is 13.2. The maximum atomic E-state index is 13.7. The Morgan fingerprint density at radius 1 is 1.16 bits per heavy atom. The van der Waals surface area contributed by atoms with Crippen molar-refractivity contribution in [3.63, 3.8) is 0 Å². The number of allylic oxidation sites excluding steroid dienone is 8. The van der Waals surface area contributed by atoms with Crippen LogP contribution in [-0.2, 0) is 0 Å². The molecule has 0 saturated heterocycles. The monoisotopic (exact) mass is 252 g/mol. The first kappa shape index (κ1) is 12.2. The molecular formula is C18H17F. The lowest BCUT2D eigenvalue weighted by molar-refractivity contribution is 0.665. The van der Waals surface area contributed by atoms with Crippen molar-refractivity contribution >= 4 is 0 Å². The van der Waals surface area contributed by atoms with Gasteiger partial charge in [-0.15, -0.1) is 0 Å². The topological polar surface area (TPSA) is 0 Å². The molecule has 1 aromatic rings. The van der Waals surface area contributed by atoms with Crippen molar-refractivity contribution in [2.24, 2.45) is 0 Å². The molecule has 0 aliphatic heterocycles. The van der Waals surface area contributed by atoms with Gasteiger partial charge in [-0.2, -0.15) is 0 Å². The molecule has 0 amide bonds. The van der Waals surface area contributed by atoms with Gasteiger partial charge in [0, 0.05) is 5.92 Å². The van der Waals surface area contributed by atoms with E-state index in [-0.39, 0.29) is 11.7 Å². The molecule has 0 aromatic heterocycles. The second-order valence-corrected chi connectivity index (χ2v) is 5.09. The van der Waals surface area contributed by atoms with Gasteiger partial charge in [0.1, 0.15) is 5.83 Å². The molecule has 96 valence electrons. The molecular weight excluding hydrogens is 235 g/mol. The van der Waals surface area contributed by atoms with Crippen LogP contribution >= 0.6 is 0 Å². The molecule has 0 nitrogen and oxygen atoms in total. The van der Waals surface area contributed by atoms with E-state index in [1.807, 2.05) is 24.3 Å². The second kappa shape index (κ2) is 5.00. The van der Waals surface area contributed by atoms with Crippen LogP contribution in [0.5, 0.6) is 0 Å². The first-order chi connectivity index (χ1) is 9.28. The van der Waals surface area contributed by atoms with Gasteiger partial charge in [-0.1, -0.05) is 55.0 Å². The molecule has 0 heterocycles. The van der Waals surface area contributed by atoms with Crippen LogP contribution in [0.1, 0.15) is 31.2 Å². The Morgan fingerprint density at radius 2 is 1.95 bits per heavy atom. The minimum Gasteiger partial charge on any atom is -0.207 e. The fourth-order valence-corrected chi connectivity index (χ4v) is 2.82. The summed E-state index contributed by atoms with van der Waals surface area (Å²) in [4.78, 5) is 0. The lowest BCUT2D eigenvalue weighted by atomic mass is 9.90. The largest absolute Gasteiger partial charge is 0.207 e. The van der Waals surface area contributed by atoms with E-state index >= 15 is 0 Å². The summed E-state index contributed by atoms with van der Waals surface area (Å²) in [7, 11) is 0. The quantitative estimate of drug-likeness (QED) is 0.676. The molecule has 1 heteroatoms. The summed E-state index contributed by atoms with van der Waals surface area (Å²) < 4.78 is 13.7. The average Bonchev–Trinajstić information content (AvgIpc) is 2.76. The third-order valence-corrected chi connectivity index (χ3v) is 3.86. The van der Waals surface area contributed by atoms with Crippen molar-refractivity contribution in [3.05, 3.63) is 82.7 Å². The van der Waals surface area contributed by atoms with E-state index in [0.29, 0.717) is 0 Å². The van der Waals surface area contributed by atoms with E-state index in [1.54, 1.807) is 12.2 Å². The van der Waals surface area contributed by atoms with E-state index in [0.717, 1.165) is 18.4 Å². The first-order valence-corrected chi connectivity index (χ1v) is 6.80. The molecule has 1 aromatic carbocycles. The summed E-state index contributed by atoms with van der Waals surface area (Å²) in [6.45, 7) is 2.16. The molecule has 2 aliphatic carbocycles. The predicted octanol–water partition coefficient (Wildman–Crippen LogP) is 5.23. The van der Waals surface area contributed by atoms with Crippen LogP contribution in [0, 0.1) is 0 Å². The van der Waals surface area contributed by atoms with E-state index in [4.69, 9.17) is 0 Å². The molecule has 1 unspecified atom stereocenters. The number of halogens is 1. The maximum Gasteiger partial charge on any atom is 0.123 e. The Hall–Kier alpha value is -1.89. The minimum absolute atomic E-state index is 0.142. The highest BCUT2D eigenvalue weighted by Gasteiger charge is 2.23. The lowest BCUT2D eigenvalue weighted by Gasteiger charge is -2.14. The van der Waals surface area contributed by atoms with Crippen molar-refractivity contribution < 1.29 is 4.39 Å². The first-order valence-electron chi connectivity index (χ1n) is 6.80. The molecule has 19 heavy (non-hydrogen) atoms. The Labute approximate surface area is 113 Å². The van der Waals surface area contributed by atoms with Crippen LogP contribution in [-0.4, -0.2) is 0 Å². The fraction of sp³-hybridized carbons (Fsp3) is 0.222. The highest BCUT2D eigenvalue weighted by molar-refractivity contribution is 5.54. The summed E-state index contributed by atoms with van der Waals surface area (Å²) in [5, 5.41) is 0. The van der Waals surface area contributed by atoms with Crippen molar-refractivity contribution in [2.75, 3.05) is 0 Å². The molecule has 0 fully saturated rings. The van der Waals surface area contributed by atoms with Gasteiger partial charge in [0.05, 0.1) is 0 Å². The van der Waals surface area contributed by atoms with E-state index < -0.39 is 0 Å². The molecule has 0 radical (unpaired) electrons. The summed E-state index contributed by atoms with van der Waals surface area (Å²) in [6.07, 6.45) is 9.44. The van der Waals surface area contributed by atoms with Gasteiger partial charge in [-0.25, -0.2) is 4.39 Å². The molecule has 2 aliphatic rings. The molecule has 0 saturated carbocycles. The minimum atomic E-state index is -0.142. The van der Waals surface area contributed by atoms with E-state index in [1.165, 1.54) is 16.7 Å². The highest BCUT2D eigenvalue weighted by atomic mass is 19.1. The Bertz CT molecular complexity index is 600. The van der Waals surface area contributed by atoms with Gasteiger partial charge in [-0.3, -0.25) is 0 Å². The maximum absolute atomic E-state index is 13.7. The normalized spacial score (nSPS) is 21.9. The van der Waals surface area contributed by atoms with Gasteiger partial charge >= 0.3 is 0 Å². The second-order valence-electron chi connectivity index (χ2n) is 5.09. The molecule has 0 spiro atoms. The lowest BCUT2D eigenvalue weighted by Crippen LogP contribution is -1.97. The van der Waals surface area contributed by atoms with Gasteiger partial charge in [0.2, 0.25) is 0 Å². The van der Waals surface area contributed by atoms with E-state index in [2.05, 4.69) is 25.1 Å². The zero-order valence-corrected chi connectivity index (χ0v) is 11.1. The van der Waals surface area contributed by atoms with Crippen LogP contribution in [0.4, 0.5) is 4.39 Å². The van der Waals surface area contributed by atoms with Crippen LogP contribution in [0.25, 0.3) is 0 Å². The van der Waals surface area contributed by atoms with Crippen LogP contribution in [0.3, 0.4) is 0 Å². The summed E-state index contributed by atoms with van der Waals surface area (Å²) in [5.41, 5.74) is 5.01. The van der Waals surface area contributed by atoms with Crippen molar-refractivity contribution in [1.82, 2.24) is 0 Å². The third-order valence-electron chi connectivity index (χ3n) is 3.86. The standard InChI is InChI=1S/C18H17F/c1-2-13-10-15-12-16(19)8-9-17(18(15)11-13)14-6-4-3-5-7-14/h3-9,11-12,17H,2,10H2,1H3. The average molecular weight is 252 g/mol. The van der Waals surface area contributed by atoms with Crippen LogP contribution in [0.2, 0.25) is 0 Å². The summed E-state index contributed by atoms with van der Waals surface area (Å²) in [5.74, 6) is 0.0291. The van der Waals surface area contributed by atoms with Gasteiger partial charge < -0.3 is 0 Å². The van der Waals surface area contributed by atoms with Crippen LogP contribution < -0.4 is 0 Å². The third kappa shape index (κ3) is 2.33. The Morgan fingerprint density at radius 3 is 2.68 bits per heavy atom. The Kier molecular flexibility index (Phi) is 3.20. The number of hydrogen-bond donors (Lipinski definition) is 0. The van der Waals surface area contributed by atoms with Crippen molar-refractivity contribution in [2.45, 2.75) is 25.7 Å². The van der Waals surface area contributed by atoms with Gasteiger partial charge in [0.25, 0.3) is 0 Å². The van der Waals surface area contributed by atoms with Crippen molar-refractivity contribution in [1.29, 1.82) is 0 Å². The van der Waals surface area contributed by atoms with Gasteiger partial charge in [0.15, 0.2) is 0 Å². The number of benzene rings is 1.